The summed E-state index contributed by atoms with van der Waals surface area (Å²) in [6.45, 7) is 1.47. The first-order valence-corrected chi connectivity index (χ1v) is 8.67. The lowest BCUT2D eigenvalue weighted by molar-refractivity contribution is 0.275. The van der Waals surface area contributed by atoms with Crippen LogP contribution < -0.4 is 0 Å². The molecular weight excluding hydrogens is 288 g/mol. The van der Waals surface area contributed by atoms with Crippen LogP contribution in [0.4, 0.5) is 0 Å². The molecule has 0 heterocycles. The maximum absolute atomic E-state index is 12.2. The highest BCUT2D eigenvalue weighted by Crippen LogP contribution is 2.13. The zero-order valence-electron chi connectivity index (χ0n) is 12.3. The number of aliphatic hydroxyl groups is 1. The average Bonchev–Trinajstić information content (AvgIpc) is 2.50. The van der Waals surface area contributed by atoms with Gasteiger partial charge in [-0.3, -0.25) is 0 Å². The summed E-state index contributed by atoms with van der Waals surface area (Å²) in [5.74, 6) is 0.0401. The normalized spacial score (nSPS) is 11.5. The summed E-state index contributed by atoms with van der Waals surface area (Å²) < 4.78 is 24.4. The molecule has 0 aliphatic heterocycles. The van der Waals surface area contributed by atoms with Gasteiger partial charge in [-0.25, -0.2) is 8.42 Å². The smallest absolute Gasteiger partial charge is 0.179 e. The van der Waals surface area contributed by atoms with E-state index in [0.29, 0.717) is 12.1 Å². The van der Waals surface area contributed by atoms with E-state index in [1.54, 1.807) is 12.1 Å². The van der Waals surface area contributed by atoms with Gasteiger partial charge in [-0.2, -0.15) is 5.26 Å². The molecule has 1 rings (SSSR count). The van der Waals surface area contributed by atoms with Crippen LogP contribution in [0.25, 0.3) is 0 Å². The average molecular weight is 310 g/mol. The van der Waals surface area contributed by atoms with Gasteiger partial charge in [0.2, 0.25) is 0 Å². The molecule has 5 nitrogen and oxygen atoms in total. The van der Waals surface area contributed by atoms with Crippen LogP contribution in [0.2, 0.25) is 0 Å². The number of unbranched alkanes of at least 4 members (excludes halogenated alkanes) is 2. The molecule has 0 aliphatic rings. The predicted octanol–water partition coefficient (Wildman–Crippen LogP) is 1.43. The van der Waals surface area contributed by atoms with Crippen molar-refractivity contribution in [2.45, 2.75) is 24.2 Å². The van der Waals surface area contributed by atoms with E-state index in [4.69, 9.17) is 10.4 Å². The highest BCUT2D eigenvalue weighted by atomic mass is 32.2. The topological polar surface area (TPSA) is 81.4 Å². The lowest BCUT2D eigenvalue weighted by Crippen LogP contribution is -2.26. The van der Waals surface area contributed by atoms with Gasteiger partial charge in [0.1, 0.15) is 0 Å². The van der Waals surface area contributed by atoms with Gasteiger partial charge < -0.3 is 10.0 Å². The van der Waals surface area contributed by atoms with E-state index in [2.05, 4.69) is 0 Å². The first-order chi connectivity index (χ1) is 9.99. The Morgan fingerprint density at radius 3 is 2.67 bits per heavy atom. The first-order valence-electron chi connectivity index (χ1n) is 7.02. The van der Waals surface area contributed by atoms with E-state index in [9.17, 15) is 8.42 Å². The maximum atomic E-state index is 12.2. The van der Waals surface area contributed by atoms with Crippen LogP contribution in [-0.4, -0.2) is 50.9 Å². The molecule has 0 aromatic heterocycles. The third kappa shape index (κ3) is 6.25. The van der Waals surface area contributed by atoms with E-state index in [0.717, 1.165) is 25.8 Å². The summed E-state index contributed by atoms with van der Waals surface area (Å²) in [6, 6.07) is 8.06. The lowest BCUT2D eigenvalue weighted by atomic mass is 10.2. The molecule has 6 heteroatoms. The molecule has 0 bridgehead atoms. The Hall–Kier alpha value is -1.42. The van der Waals surface area contributed by atoms with Gasteiger partial charge in [0.25, 0.3) is 0 Å². The zero-order chi connectivity index (χ0) is 15.7. The van der Waals surface area contributed by atoms with Crippen molar-refractivity contribution in [3.8, 4) is 6.07 Å². The number of sulfone groups is 1. The van der Waals surface area contributed by atoms with Crippen molar-refractivity contribution in [1.82, 2.24) is 4.90 Å². The van der Waals surface area contributed by atoms with Crippen LogP contribution in [0.1, 0.15) is 24.8 Å². The fraction of sp³-hybridized carbons (Fsp3) is 0.533. The van der Waals surface area contributed by atoms with Gasteiger partial charge >= 0.3 is 0 Å². The Morgan fingerprint density at radius 2 is 2.00 bits per heavy atom. The van der Waals surface area contributed by atoms with E-state index < -0.39 is 9.84 Å². The number of hydrogen-bond donors (Lipinski definition) is 1. The van der Waals surface area contributed by atoms with Crippen LogP contribution in [0.3, 0.4) is 0 Å². The monoisotopic (exact) mass is 310 g/mol. The second-order valence-electron chi connectivity index (χ2n) is 5.05. The molecule has 0 fully saturated rings. The Kier molecular flexibility index (Phi) is 7.37. The van der Waals surface area contributed by atoms with Crippen LogP contribution in [0.5, 0.6) is 0 Å². The Morgan fingerprint density at radius 1 is 1.24 bits per heavy atom. The fourth-order valence-corrected chi connectivity index (χ4v) is 3.32. The number of aliphatic hydroxyl groups excluding tert-OH is 1. The number of nitrogens with zero attached hydrogens (tertiary/aromatic N) is 2. The summed E-state index contributed by atoms with van der Waals surface area (Å²) >= 11 is 0. The van der Waals surface area contributed by atoms with E-state index in [1.165, 1.54) is 12.1 Å². The van der Waals surface area contributed by atoms with Gasteiger partial charge in [-0.1, -0.05) is 6.07 Å². The Bertz CT molecular complexity index is 579. The molecule has 0 amide bonds. The third-order valence-corrected chi connectivity index (χ3v) is 4.95. The van der Waals surface area contributed by atoms with Crippen molar-refractivity contribution in [3.63, 3.8) is 0 Å². The van der Waals surface area contributed by atoms with Gasteiger partial charge in [0.05, 0.1) is 22.3 Å². The molecule has 0 radical (unpaired) electrons. The van der Waals surface area contributed by atoms with Crippen molar-refractivity contribution in [2.24, 2.45) is 0 Å². The molecule has 21 heavy (non-hydrogen) atoms. The number of rotatable bonds is 9. The minimum absolute atomic E-state index is 0.0401. The molecule has 1 aromatic rings. The quantitative estimate of drug-likeness (QED) is 0.698. The summed E-state index contributed by atoms with van der Waals surface area (Å²) in [6.07, 6.45) is 2.67. The minimum atomic E-state index is -3.36. The van der Waals surface area contributed by atoms with Gasteiger partial charge in [-0.15, -0.1) is 0 Å². The molecule has 0 unspecified atom stereocenters. The molecule has 1 aromatic carbocycles. The van der Waals surface area contributed by atoms with Crippen LogP contribution in [0, 0.1) is 11.3 Å². The van der Waals surface area contributed by atoms with Crippen LogP contribution in [0.15, 0.2) is 29.2 Å². The standard InChI is InChI=1S/C15H22N2O3S/c1-17(8-3-2-4-10-18)9-11-21(19,20)15-7-5-6-14(12-15)13-16/h5-7,12,18H,2-4,8-11H2,1H3. The van der Waals surface area contributed by atoms with Crippen molar-refractivity contribution in [2.75, 3.05) is 32.5 Å². The molecule has 0 spiro atoms. The summed E-state index contributed by atoms with van der Waals surface area (Å²) in [7, 11) is -1.47. The minimum Gasteiger partial charge on any atom is -0.396 e. The highest BCUT2D eigenvalue weighted by molar-refractivity contribution is 7.91. The SMILES string of the molecule is CN(CCCCCO)CCS(=O)(=O)c1cccc(C#N)c1. The van der Waals surface area contributed by atoms with Crippen molar-refractivity contribution in [1.29, 1.82) is 5.26 Å². The van der Waals surface area contributed by atoms with Crippen molar-refractivity contribution >= 4 is 9.84 Å². The number of nitriles is 1. The maximum Gasteiger partial charge on any atom is 0.179 e. The van der Waals surface area contributed by atoms with Gasteiger partial charge in [0.15, 0.2) is 9.84 Å². The van der Waals surface area contributed by atoms with E-state index in [-0.39, 0.29) is 17.3 Å². The van der Waals surface area contributed by atoms with Crippen molar-refractivity contribution < 1.29 is 13.5 Å². The van der Waals surface area contributed by atoms with Gasteiger partial charge in [0, 0.05) is 13.2 Å². The molecule has 0 aliphatic carbocycles. The molecule has 0 saturated heterocycles. The van der Waals surface area contributed by atoms with Crippen molar-refractivity contribution in [3.05, 3.63) is 29.8 Å². The zero-order valence-corrected chi connectivity index (χ0v) is 13.1. The number of hydrogen-bond acceptors (Lipinski definition) is 5. The summed E-state index contributed by atoms with van der Waals surface area (Å²) in [5.41, 5.74) is 0.355. The molecule has 1 N–H and O–H groups in total. The molecular formula is C15H22N2O3S. The Labute approximate surface area is 126 Å². The van der Waals surface area contributed by atoms with Crippen LogP contribution in [-0.2, 0) is 9.84 Å². The van der Waals surface area contributed by atoms with Gasteiger partial charge in [-0.05, 0) is 51.1 Å². The lowest BCUT2D eigenvalue weighted by Gasteiger charge is -2.16. The second kappa shape index (κ2) is 8.78. The summed E-state index contributed by atoms with van der Waals surface area (Å²) in [5, 5.41) is 17.5. The molecule has 0 saturated carbocycles. The fourth-order valence-electron chi connectivity index (χ4n) is 1.94. The predicted molar refractivity (Wildman–Crippen MR) is 81.6 cm³/mol. The Balaban J connectivity index is 2.51. The molecule has 116 valence electrons. The third-order valence-electron chi connectivity index (χ3n) is 3.26. The largest absolute Gasteiger partial charge is 0.396 e. The molecule has 0 atom stereocenters. The van der Waals surface area contributed by atoms with Crippen LogP contribution >= 0.6 is 0 Å². The van der Waals surface area contributed by atoms with E-state index >= 15 is 0 Å². The summed E-state index contributed by atoms with van der Waals surface area (Å²) in [4.78, 5) is 2.18. The second-order valence-corrected chi connectivity index (χ2v) is 7.16. The highest BCUT2D eigenvalue weighted by Gasteiger charge is 2.15. The number of benzene rings is 1. The van der Waals surface area contributed by atoms with E-state index in [1.807, 2.05) is 18.0 Å². The first kappa shape index (κ1) is 17.6.